The highest BCUT2D eigenvalue weighted by Gasteiger charge is 2.43. The number of amides is 2. The number of piperidine rings is 1. The number of imidazole rings is 1. The van der Waals surface area contributed by atoms with E-state index in [1.54, 1.807) is 17.4 Å². The summed E-state index contributed by atoms with van der Waals surface area (Å²) in [6, 6.07) is 11.9. The fourth-order valence-electron chi connectivity index (χ4n) is 4.37. The molecule has 0 aliphatic carbocycles. The Hall–Kier alpha value is -3.26. The molecule has 2 amide bonds. The lowest BCUT2D eigenvalue weighted by molar-refractivity contribution is -0.131. The van der Waals surface area contributed by atoms with Gasteiger partial charge in [-0.25, -0.2) is 9.97 Å². The number of pyridine rings is 1. The predicted molar refractivity (Wildman–Crippen MR) is 112 cm³/mol. The molecule has 5 rings (SSSR count). The van der Waals surface area contributed by atoms with Crippen molar-refractivity contribution >= 4 is 23.0 Å². The van der Waals surface area contributed by atoms with Crippen LogP contribution >= 0.6 is 0 Å². The highest BCUT2D eigenvalue weighted by atomic mass is 16.2. The highest BCUT2D eigenvalue weighted by Crippen LogP contribution is 2.25. The van der Waals surface area contributed by atoms with Crippen LogP contribution in [0.5, 0.6) is 0 Å². The van der Waals surface area contributed by atoms with Gasteiger partial charge in [-0.15, -0.1) is 0 Å². The number of hydrogen-bond donors (Lipinski definition) is 2. The van der Waals surface area contributed by atoms with Crippen LogP contribution in [0.2, 0.25) is 0 Å². The van der Waals surface area contributed by atoms with Gasteiger partial charge in [0.2, 0.25) is 5.91 Å². The third kappa shape index (κ3) is 3.33. The van der Waals surface area contributed by atoms with Gasteiger partial charge in [0.05, 0.1) is 18.4 Å². The summed E-state index contributed by atoms with van der Waals surface area (Å²) >= 11 is 0. The van der Waals surface area contributed by atoms with Crippen LogP contribution in [0.15, 0.2) is 48.9 Å². The number of rotatable bonds is 3. The number of piperazine rings is 1. The SMILES string of the molecule is O=C(c1cnc2c(c1)ncn2Cc1ccccc1)N1CCC2(CC1)NCCNC2=O. The van der Waals surface area contributed by atoms with E-state index < -0.39 is 5.54 Å². The number of nitrogens with one attached hydrogen (secondary N) is 2. The van der Waals surface area contributed by atoms with Gasteiger partial charge in [-0.3, -0.25) is 9.59 Å². The van der Waals surface area contributed by atoms with Gasteiger partial charge >= 0.3 is 0 Å². The lowest BCUT2D eigenvalue weighted by Crippen LogP contribution is -2.66. The van der Waals surface area contributed by atoms with E-state index in [1.807, 2.05) is 28.8 Å². The number of nitrogens with zero attached hydrogens (tertiary/aromatic N) is 4. The molecule has 30 heavy (non-hydrogen) atoms. The van der Waals surface area contributed by atoms with Crippen molar-refractivity contribution < 1.29 is 9.59 Å². The zero-order chi connectivity index (χ0) is 20.6. The van der Waals surface area contributed by atoms with Crippen molar-refractivity contribution in [1.82, 2.24) is 30.1 Å². The third-order valence-corrected chi connectivity index (χ3v) is 6.11. The molecule has 0 unspecified atom stereocenters. The summed E-state index contributed by atoms with van der Waals surface area (Å²) in [5.41, 5.74) is 2.63. The summed E-state index contributed by atoms with van der Waals surface area (Å²) in [6.07, 6.45) is 4.62. The van der Waals surface area contributed by atoms with Gasteiger partial charge in [-0.05, 0) is 24.5 Å². The molecule has 0 saturated carbocycles. The van der Waals surface area contributed by atoms with Crippen molar-refractivity contribution in [3.63, 3.8) is 0 Å². The quantitative estimate of drug-likeness (QED) is 0.684. The van der Waals surface area contributed by atoms with Crippen molar-refractivity contribution in [2.75, 3.05) is 26.2 Å². The maximum atomic E-state index is 13.0. The maximum Gasteiger partial charge on any atom is 0.255 e. The van der Waals surface area contributed by atoms with E-state index >= 15 is 0 Å². The molecule has 2 aromatic heterocycles. The van der Waals surface area contributed by atoms with Gasteiger partial charge in [0.25, 0.3) is 5.91 Å². The molecule has 8 nitrogen and oxygen atoms in total. The van der Waals surface area contributed by atoms with Gasteiger partial charge < -0.3 is 20.1 Å². The van der Waals surface area contributed by atoms with E-state index in [2.05, 4.69) is 32.7 Å². The number of aromatic nitrogens is 3. The standard InChI is InChI=1S/C22H24N6O2/c29-20(27-10-6-22(7-11-27)21(30)23-8-9-26-22)17-12-18-19(24-13-17)28(15-25-18)14-16-4-2-1-3-5-16/h1-5,12-13,15,26H,6-11,14H2,(H,23,30). The number of likely N-dealkylation sites (tertiary alicyclic amines) is 1. The van der Waals surface area contributed by atoms with Crippen LogP contribution in [-0.2, 0) is 11.3 Å². The van der Waals surface area contributed by atoms with E-state index in [0.29, 0.717) is 50.1 Å². The fraction of sp³-hybridized carbons (Fsp3) is 0.364. The molecule has 3 aromatic rings. The van der Waals surface area contributed by atoms with Gasteiger partial charge in [-0.1, -0.05) is 30.3 Å². The second kappa shape index (κ2) is 7.53. The molecule has 2 saturated heterocycles. The summed E-state index contributed by atoms with van der Waals surface area (Å²) < 4.78 is 1.98. The summed E-state index contributed by atoms with van der Waals surface area (Å²) in [5.74, 6) is -0.0130. The Morgan fingerprint density at radius 3 is 2.67 bits per heavy atom. The summed E-state index contributed by atoms with van der Waals surface area (Å²) in [4.78, 5) is 36.1. The molecule has 2 aliphatic rings. The van der Waals surface area contributed by atoms with E-state index in [-0.39, 0.29) is 11.8 Å². The first-order chi connectivity index (χ1) is 14.6. The van der Waals surface area contributed by atoms with E-state index in [0.717, 1.165) is 12.2 Å². The van der Waals surface area contributed by atoms with Crippen molar-refractivity contribution in [3.05, 3.63) is 60.0 Å². The van der Waals surface area contributed by atoms with Crippen LogP contribution in [0, 0.1) is 0 Å². The molecule has 2 aliphatic heterocycles. The average Bonchev–Trinajstić information content (AvgIpc) is 3.18. The predicted octanol–water partition coefficient (Wildman–Crippen LogP) is 1.17. The van der Waals surface area contributed by atoms with Crippen LogP contribution in [0.3, 0.4) is 0 Å². The number of benzene rings is 1. The minimum atomic E-state index is -0.534. The monoisotopic (exact) mass is 404 g/mol. The number of carbonyl (C=O) groups is 2. The van der Waals surface area contributed by atoms with Crippen molar-refractivity contribution in [3.8, 4) is 0 Å². The summed E-state index contributed by atoms with van der Waals surface area (Å²) in [6.45, 7) is 3.19. The first kappa shape index (κ1) is 18.7. The van der Waals surface area contributed by atoms with Crippen LogP contribution in [0.4, 0.5) is 0 Å². The van der Waals surface area contributed by atoms with Crippen LogP contribution in [0.1, 0.15) is 28.8 Å². The molecular formula is C22H24N6O2. The Kier molecular flexibility index (Phi) is 4.71. The lowest BCUT2D eigenvalue weighted by atomic mass is 9.85. The van der Waals surface area contributed by atoms with Gasteiger partial charge in [-0.2, -0.15) is 0 Å². The Balaban J connectivity index is 1.30. The summed E-state index contributed by atoms with van der Waals surface area (Å²) in [7, 11) is 0. The Morgan fingerprint density at radius 2 is 1.90 bits per heavy atom. The van der Waals surface area contributed by atoms with Crippen molar-refractivity contribution in [1.29, 1.82) is 0 Å². The molecule has 0 atom stereocenters. The number of hydrogen-bond acceptors (Lipinski definition) is 5. The van der Waals surface area contributed by atoms with Gasteiger partial charge in [0, 0.05) is 32.4 Å². The van der Waals surface area contributed by atoms with E-state index in [9.17, 15) is 9.59 Å². The highest BCUT2D eigenvalue weighted by molar-refractivity contribution is 5.96. The van der Waals surface area contributed by atoms with Crippen molar-refractivity contribution in [2.45, 2.75) is 24.9 Å². The topological polar surface area (TPSA) is 92.2 Å². The largest absolute Gasteiger partial charge is 0.353 e. The zero-order valence-electron chi connectivity index (χ0n) is 16.7. The minimum absolute atomic E-state index is 0.0490. The molecule has 8 heteroatoms. The zero-order valence-corrected chi connectivity index (χ0v) is 16.7. The second-order valence-corrected chi connectivity index (χ2v) is 7.98. The van der Waals surface area contributed by atoms with Crippen LogP contribution in [0.25, 0.3) is 11.2 Å². The number of carbonyl (C=O) groups excluding carboxylic acids is 2. The Morgan fingerprint density at radius 1 is 1.10 bits per heavy atom. The molecule has 0 bridgehead atoms. The van der Waals surface area contributed by atoms with Crippen molar-refractivity contribution in [2.24, 2.45) is 0 Å². The lowest BCUT2D eigenvalue weighted by Gasteiger charge is -2.43. The molecule has 0 radical (unpaired) electrons. The van der Waals surface area contributed by atoms with Crippen LogP contribution < -0.4 is 10.6 Å². The normalized spacial score (nSPS) is 18.5. The first-order valence-electron chi connectivity index (χ1n) is 10.3. The maximum absolute atomic E-state index is 13.0. The molecule has 2 fully saturated rings. The molecule has 1 aromatic carbocycles. The minimum Gasteiger partial charge on any atom is -0.353 e. The molecule has 2 N–H and O–H groups in total. The number of fused-ring (bicyclic) bond motifs is 1. The first-order valence-corrected chi connectivity index (χ1v) is 10.3. The van der Waals surface area contributed by atoms with Crippen LogP contribution in [-0.4, -0.2) is 63.0 Å². The summed E-state index contributed by atoms with van der Waals surface area (Å²) in [5, 5.41) is 6.29. The van der Waals surface area contributed by atoms with E-state index in [1.165, 1.54) is 5.56 Å². The smallest absolute Gasteiger partial charge is 0.255 e. The third-order valence-electron chi connectivity index (χ3n) is 6.11. The second-order valence-electron chi connectivity index (χ2n) is 7.98. The van der Waals surface area contributed by atoms with Gasteiger partial charge in [0.15, 0.2) is 5.65 Å². The van der Waals surface area contributed by atoms with E-state index in [4.69, 9.17) is 0 Å². The Bertz CT molecular complexity index is 1090. The molecule has 1 spiro atoms. The molecular weight excluding hydrogens is 380 g/mol. The van der Waals surface area contributed by atoms with Gasteiger partial charge in [0.1, 0.15) is 11.1 Å². The fourth-order valence-corrected chi connectivity index (χ4v) is 4.37. The Labute approximate surface area is 174 Å². The molecule has 4 heterocycles. The average molecular weight is 404 g/mol. The molecule has 154 valence electrons.